The first kappa shape index (κ1) is 61.4. The Hall–Kier alpha value is -4.71. The van der Waals surface area contributed by atoms with Crippen molar-refractivity contribution in [3.63, 3.8) is 0 Å². The van der Waals surface area contributed by atoms with Gasteiger partial charge in [0.15, 0.2) is 12.4 Å². The van der Waals surface area contributed by atoms with Crippen LogP contribution in [0, 0.1) is 35.8 Å². The summed E-state index contributed by atoms with van der Waals surface area (Å²) in [7, 11) is -6.74. The first-order valence-electron chi connectivity index (χ1n) is 17.9. The highest BCUT2D eigenvalue weighted by molar-refractivity contribution is 8.12. The first-order valence-corrected chi connectivity index (χ1v) is 23.5. The molecule has 0 aromatic rings. The molecule has 0 saturated carbocycles. The van der Waals surface area contributed by atoms with Crippen molar-refractivity contribution in [1.82, 2.24) is 27.4 Å². The van der Waals surface area contributed by atoms with Crippen LogP contribution in [0.25, 0.3) is 9.69 Å². The summed E-state index contributed by atoms with van der Waals surface area (Å²) in [6.45, 7) is 31.6. The van der Waals surface area contributed by atoms with E-state index in [4.69, 9.17) is 60.7 Å². The third-order valence-electron chi connectivity index (χ3n) is 6.65. The summed E-state index contributed by atoms with van der Waals surface area (Å²) in [6, 6.07) is 3.88. The summed E-state index contributed by atoms with van der Waals surface area (Å²) in [5.41, 5.74) is 1.63. The van der Waals surface area contributed by atoms with Crippen LogP contribution in [0.3, 0.4) is 0 Å². The molecule has 0 aromatic heterocycles. The highest BCUT2D eigenvalue weighted by Gasteiger charge is 2.34. The molecule has 358 valence electrons. The maximum absolute atomic E-state index is 11.7. The zero-order valence-electron chi connectivity index (χ0n) is 36.4. The number of nitrogens with two attached hydrogens (primary N) is 1. The van der Waals surface area contributed by atoms with E-state index in [9.17, 15) is 39.6 Å². The maximum Gasteiger partial charge on any atom is 0.422 e. The van der Waals surface area contributed by atoms with E-state index < -0.39 is 58.6 Å². The molecule has 4 aliphatic rings. The van der Waals surface area contributed by atoms with E-state index in [0.29, 0.717) is 18.7 Å². The summed E-state index contributed by atoms with van der Waals surface area (Å²) in [5, 5.41) is 21.2. The Bertz CT molecular complexity index is 2280. The van der Waals surface area contributed by atoms with Gasteiger partial charge in [-0.05, 0) is 96.4 Å². The van der Waals surface area contributed by atoms with E-state index in [1.54, 1.807) is 56.9 Å². The number of halogens is 3. The third kappa shape index (κ3) is 28.2. The van der Waals surface area contributed by atoms with Gasteiger partial charge in [0.25, 0.3) is 10.2 Å². The lowest BCUT2D eigenvalue weighted by atomic mass is 10.1. The van der Waals surface area contributed by atoms with Crippen LogP contribution in [0.2, 0.25) is 0 Å². The number of ether oxygens (including phenoxy) is 3. The van der Waals surface area contributed by atoms with Crippen LogP contribution >= 0.6 is 34.9 Å². The molecule has 23 nitrogen and oxygen atoms in total. The van der Waals surface area contributed by atoms with Gasteiger partial charge in [-0.15, -0.1) is 12.4 Å². The molecule has 0 aliphatic carbocycles. The smallest absolute Gasteiger partial charge is 0.422 e. The Morgan fingerprint density at radius 2 is 1.03 bits per heavy atom. The lowest BCUT2D eigenvalue weighted by molar-refractivity contribution is 0.0213. The average Bonchev–Trinajstić information content (AvgIpc) is 2.97. The number of nitrogens with zero attached hydrogens (tertiary/aromatic N) is 8. The normalized spacial score (nSPS) is 16.0. The standard InChI is InChI=1S/C10H15N3O4S.C10H14N2O2.C5H5ClN2.C5H10ClNO4S.C5H7N3O2S.ClH/c1-10(2,3)17-9(14)12-18(15,16)13-6-8(7-13)5-11-4;1-10(2,3)14-9(13)12-6-8(7-12)4-5-11;6-8-3-5(4-8)1-2-7;1-5(2,3)11-4(8)7-12(6,9)10;1-7-2-5-3-8(4-5)11(6,9)10;/h5H,6-7H2,1-3H3,(H,12,14);4H,6-7H2,1-3H3;1H,3-4H2;1-3H3,(H,7,8);2H,3-4H2,(H2,6,9,10);1H. The Labute approximate surface area is 391 Å². The predicted molar refractivity (Wildman–Crippen MR) is 238 cm³/mol. The van der Waals surface area contributed by atoms with Crippen LogP contribution in [0.4, 0.5) is 14.4 Å². The van der Waals surface area contributed by atoms with Crippen molar-refractivity contribution in [2.45, 2.75) is 79.1 Å². The molecular formula is C35H52Cl3N11O12S3. The molecule has 4 saturated heterocycles. The second kappa shape index (κ2) is 26.3. The van der Waals surface area contributed by atoms with E-state index in [0.717, 1.165) is 38.4 Å². The minimum atomic E-state index is -4.05. The van der Waals surface area contributed by atoms with Crippen LogP contribution < -0.4 is 14.6 Å². The van der Waals surface area contributed by atoms with Crippen LogP contribution in [0.1, 0.15) is 62.3 Å². The number of nitriles is 2. The monoisotopic (exact) mass is 1020 g/mol. The molecule has 4 heterocycles. The molecule has 3 amide bonds. The van der Waals surface area contributed by atoms with Gasteiger partial charge in [0.05, 0.1) is 25.3 Å². The summed E-state index contributed by atoms with van der Waals surface area (Å²) in [4.78, 5) is 41.0. The molecule has 0 radical (unpaired) electrons. The second-order valence-electron chi connectivity index (χ2n) is 16.0. The maximum atomic E-state index is 11.7. The largest absolute Gasteiger partial charge is 0.444 e. The van der Waals surface area contributed by atoms with Gasteiger partial charge < -0.3 is 19.1 Å². The molecule has 4 N–H and O–H groups in total. The summed E-state index contributed by atoms with van der Waals surface area (Å²) in [5.74, 6) is 0. The molecule has 4 fully saturated rings. The number of hydrogen-bond acceptors (Lipinski definition) is 15. The second-order valence-corrected chi connectivity index (χ2v) is 22.0. The van der Waals surface area contributed by atoms with Gasteiger partial charge in [-0.1, -0.05) is 0 Å². The fraction of sp³-hybridized carbons (Fsp3) is 0.571. The van der Waals surface area contributed by atoms with Gasteiger partial charge in [-0.3, -0.25) is 0 Å². The van der Waals surface area contributed by atoms with Crippen LogP contribution in [-0.4, -0.2) is 131 Å². The molecule has 0 aromatic carbocycles. The Kier molecular flexibility index (Phi) is 25.2. The fourth-order valence-electron chi connectivity index (χ4n) is 4.04. The van der Waals surface area contributed by atoms with Crippen molar-refractivity contribution >= 4 is 82.8 Å². The van der Waals surface area contributed by atoms with Gasteiger partial charge in [-0.2, -0.15) is 44.4 Å². The number of hydrogen-bond donors (Lipinski definition) is 3. The number of carbonyl (C=O) groups is 3. The molecule has 4 rings (SSSR count). The number of rotatable bonds is 4. The predicted octanol–water partition coefficient (Wildman–Crippen LogP) is 4.19. The first-order chi connectivity index (χ1) is 28.5. The van der Waals surface area contributed by atoms with Crippen molar-refractivity contribution in [2.75, 3.05) is 52.4 Å². The molecule has 0 spiro atoms. The molecule has 29 heteroatoms. The SMILES string of the molecule is CC(C)(C)OC(=O)N1CC(=CC#N)C1.CC(C)(C)OC(=O)NS(=O)(=O)Cl.Cl.N#CC=C1CN(Cl)C1.[C-]#[N+]C=C1CN(S(=O)(=O)NC(=O)OC(C)(C)C)C1.[C-]#[N+]C=C1CN(S(N)(=O)=O)C1. The Morgan fingerprint density at radius 1 is 0.672 bits per heavy atom. The molecule has 0 atom stereocenters. The van der Waals surface area contributed by atoms with Gasteiger partial charge in [0.2, 0.25) is 0 Å². The number of nitrogens with one attached hydrogen (secondary N) is 2. The molecule has 0 bridgehead atoms. The number of amides is 3. The molecule has 64 heavy (non-hydrogen) atoms. The van der Waals surface area contributed by atoms with Crippen molar-refractivity contribution < 1.29 is 53.8 Å². The molecular weight excluding hydrogens is 969 g/mol. The molecule has 4 aliphatic heterocycles. The van der Waals surface area contributed by atoms with Gasteiger partial charge >= 0.3 is 37.7 Å². The van der Waals surface area contributed by atoms with E-state index in [1.807, 2.05) is 37.6 Å². The lowest BCUT2D eigenvalue weighted by Crippen LogP contribution is -2.51. The summed E-state index contributed by atoms with van der Waals surface area (Å²) >= 11 is 5.46. The average molecular weight is 1020 g/mol. The van der Waals surface area contributed by atoms with Gasteiger partial charge in [0.1, 0.15) is 16.8 Å². The minimum Gasteiger partial charge on any atom is -0.444 e. The number of carbonyl (C=O) groups excluding carboxylic acids is 3. The quantitative estimate of drug-likeness (QED) is 0.117. The topological polar surface area (TPSA) is 301 Å². The van der Waals surface area contributed by atoms with Crippen LogP contribution in [0.5, 0.6) is 0 Å². The Morgan fingerprint density at radius 3 is 1.34 bits per heavy atom. The summed E-state index contributed by atoms with van der Waals surface area (Å²) < 4.78 is 86.7. The van der Waals surface area contributed by atoms with Crippen molar-refractivity contribution in [2.24, 2.45) is 5.14 Å². The fourth-order valence-corrected chi connectivity index (χ4v) is 6.52. The highest BCUT2D eigenvalue weighted by atomic mass is 35.7. The van der Waals surface area contributed by atoms with Crippen molar-refractivity contribution in [3.05, 3.63) is 69.7 Å². The highest BCUT2D eigenvalue weighted by Crippen LogP contribution is 2.20. The van der Waals surface area contributed by atoms with E-state index in [1.165, 1.54) is 23.2 Å². The lowest BCUT2D eigenvalue weighted by Gasteiger charge is -2.34. The minimum absolute atomic E-state index is 0. The van der Waals surface area contributed by atoms with Crippen LogP contribution in [-0.2, 0) is 43.9 Å². The van der Waals surface area contributed by atoms with Crippen molar-refractivity contribution in [3.8, 4) is 12.1 Å². The van der Waals surface area contributed by atoms with E-state index in [2.05, 4.69) is 14.4 Å². The van der Waals surface area contributed by atoms with Crippen LogP contribution in [0.15, 0.2) is 46.8 Å². The molecule has 0 unspecified atom stereocenters. The van der Waals surface area contributed by atoms with E-state index >= 15 is 0 Å². The third-order valence-corrected chi connectivity index (χ3v) is 9.88. The Balaban J connectivity index is 0. The number of likely N-dealkylation sites (tertiary alicyclic amines) is 1. The zero-order chi connectivity index (χ0) is 49.2. The zero-order valence-corrected chi connectivity index (χ0v) is 41.2. The van der Waals surface area contributed by atoms with E-state index in [-0.39, 0.29) is 44.7 Å². The number of allylic oxidation sites excluding steroid dienone is 2. The van der Waals surface area contributed by atoms with Crippen molar-refractivity contribution in [1.29, 1.82) is 10.5 Å². The van der Waals surface area contributed by atoms with Gasteiger partial charge in [-0.25, -0.2) is 43.1 Å². The van der Waals surface area contributed by atoms with Gasteiger partial charge in [0, 0.05) is 75.2 Å². The summed E-state index contributed by atoms with van der Waals surface area (Å²) in [6.07, 6.45) is 3.20.